The number of hydrogen-bond donors (Lipinski definition) is 1. The maximum atomic E-state index is 12.6. The van der Waals surface area contributed by atoms with Gasteiger partial charge in [0.25, 0.3) is 0 Å². The van der Waals surface area contributed by atoms with Gasteiger partial charge in [-0.05, 0) is 22.4 Å². The van der Waals surface area contributed by atoms with Crippen LogP contribution in [0.1, 0.15) is 18.0 Å². The van der Waals surface area contributed by atoms with Crippen molar-refractivity contribution < 1.29 is 13.2 Å². The largest absolute Gasteiger partial charge is 0.390 e. The van der Waals surface area contributed by atoms with E-state index in [1.807, 2.05) is 15.7 Å². The lowest BCUT2D eigenvalue weighted by Gasteiger charge is -2.35. The number of nitrogens with zero attached hydrogens (tertiary/aromatic N) is 1. The third kappa shape index (κ3) is 5.87. The van der Waals surface area contributed by atoms with Gasteiger partial charge in [0.1, 0.15) is 0 Å². The third-order valence-electron chi connectivity index (χ3n) is 2.95. The second-order valence-corrected chi connectivity index (χ2v) is 4.96. The standard InChI is InChI=1S/C11H15F3N2S.2ClH/c12-11(13,14)7-10(9-1-6-17-8-9)16-4-2-15-3-5-16;;/h1,6,8,10,15H,2-5,7H2;2*1H/t10-;;/m0../s1. The molecule has 1 saturated heterocycles. The lowest BCUT2D eigenvalue weighted by molar-refractivity contribution is -0.148. The zero-order chi connectivity index (χ0) is 12.3. The van der Waals surface area contributed by atoms with Gasteiger partial charge in [0.15, 0.2) is 0 Å². The van der Waals surface area contributed by atoms with Crippen molar-refractivity contribution in [2.24, 2.45) is 0 Å². The first-order chi connectivity index (χ1) is 8.06. The lowest BCUT2D eigenvalue weighted by Crippen LogP contribution is -2.46. The van der Waals surface area contributed by atoms with E-state index >= 15 is 0 Å². The molecule has 1 aliphatic rings. The summed E-state index contributed by atoms with van der Waals surface area (Å²) in [7, 11) is 0. The Kier molecular flexibility index (Phi) is 8.31. The monoisotopic (exact) mass is 336 g/mol. The molecule has 2 heterocycles. The van der Waals surface area contributed by atoms with Crippen LogP contribution in [0.15, 0.2) is 16.8 Å². The van der Waals surface area contributed by atoms with E-state index in [1.54, 1.807) is 6.07 Å². The first-order valence-electron chi connectivity index (χ1n) is 5.60. The Morgan fingerprint density at radius 2 is 1.89 bits per heavy atom. The van der Waals surface area contributed by atoms with Crippen molar-refractivity contribution in [1.82, 2.24) is 10.2 Å². The van der Waals surface area contributed by atoms with Crippen LogP contribution in [0.3, 0.4) is 0 Å². The second-order valence-electron chi connectivity index (χ2n) is 4.18. The average molecular weight is 337 g/mol. The van der Waals surface area contributed by atoms with E-state index in [-0.39, 0.29) is 24.8 Å². The van der Waals surface area contributed by atoms with Crippen LogP contribution in [0.5, 0.6) is 0 Å². The summed E-state index contributed by atoms with van der Waals surface area (Å²) in [6, 6.07) is 1.27. The van der Waals surface area contributed by atoms with Crippen molar-refractivity contribution in [1.29, 1.82) is 0 Å². The Morgan fingerprint density at radius 3 is 2.37 bits per heavy atom. The number of rotatable bonds is 3. The van der Waals surface area contributed by atoms with E-state index in [0.29, 0.717) is 13.1 Å². The average Bonchev–Trinajstić information content (AvgIpc) is 2.79. The van der Waals surface area contributed by atoms with E-state index in [1.165, 1.54) is 11.3 Å². The fraction of sp³-hybridized carbons (Fsp3) is 0.636. The summed E-state index contributed by atoms with van der Waals surface area (Å²) in [5.41, 5.74) is 0.786. The van der Waals surface area contributed by atoms with Crippen LogP contribution in [0.25, 0.3) is 0 Å². The summed E-state index contributed by atoms with van der Waals surface area (Å²) in [4.78, 5) is 1.92. The molecule has 2 rings (SSSR count). The first kappa shape index (κ1) is 19.0. The van der Waals surface area contributed by atoms with Crippen LogP contribution >= 0.6 is 36.2 Å². The molecule has 0 bridgehead atoms. The van der Waals surface area contributed by atoms with Crippen molar-refractivity contribution in [3.63, 3.8) is 0 Å². The predicted octanol–water partition coefficient (Wildman–Crippen LogP) is 3.49. The van der Waals surface area contributed by atoms with Crippen LogP contribution in [-0.4, -0.2) is 37.3 Å². The fourth-order valence-corrected chi connectivity index (χ4v) is 2.84. The van der Waals surface area contributed by atoms with Crippen LogP contribution in [-0.2, 0) is 0 Å². The lowest BCUT2D eigenvalue weighted by atomic mass is 10.0. The molecule has 0 unspecified atom stereocenters. The Balaban J connectivity index is 0.00000162. The Hall–Kier alpha value is -0.0100. The van der Waals surface area contributed by atoms with Crippen molar-refractivity contribution in [2.45, 2.75) is 18.6 Å². The molecule has 0 aliphatic carbocycles. The number of alkyl halides is 3. The summed E-state index contributed by atoms with van der Waals surface area (Å²) in [6.07, 6.45) is -4.87. The SMILES string of the molecule is Cl.Cl.FC(F)(F)C[C@@H](c1ccsc1)N1CCNCC1. The topological polar surface area (TPSA) is 15.3 Å². The normalized spacial score (nSPS) is 18.3. The molecule has 2 nitrogen and oxygen atoms in total. The van der Waals surface area contributed by atoms with Crippen LogP contribution in [0.4, 0.5) is 13.2 Å². The number of hydrogen-bond acceptors (Lipinski definition) is 3. The summed E-state index contributed by atoms with van der Waals surface area (Å²) < 4.78 is 37.8. The maximum Gasteiger partial charge on any atom is 0.390 e. The highest BCUT2D eigenvalue weighted by Gasteiger charge is 2.35. The molecule has 112 valence electrons. The quantitative estimate of drug-likeness (QED) is 0.908. The van der Waals surface area contributed by atoms with Crippen molar-refractivity contribution in [3.8, 4) is 0 Å². The van der Waals surface area contributed by atoms with E-state index in [2.05, 4.69) is 5.32 Å². The zero-order valence-electron chi connectivity index (χ0n) is 10.2. The van der Waals surface area contributed by atoms with Gasteiger partial charge in [0.2, 0.25) is 0 Å². The highest BCUT2D eigenvalue weighted by Crippen LogP contribution is 2.34. The molecule has 0 amide bonds. The first-order valence-corrected chi connectivity index (χ1v) is 6.54. The molecular weight excluding hydrogens is 320 g/mol. The minimum Gasteiger partial charge on any atom is -0.314 e. The molecular formula is C11H17Cl2F3N2S. The molecule has 19 heavy (non-hydrogen) atoms. The molecule has 0 saturated carbocycles. The van der Waals surface area contributed by atoms with Gasteiger partial charge in [-0.15, -0.1) is 24.8 Å². The van der Waals surface area contributed by atoms with Gasteiger partial charge in [0.05, 0.1) is 6.42 Å². The van der Waals surface area contributed by atoms with Crippen molar-refractivity contribution >= 4 is 36.2 Å². The molecule has 1 aromatic rings. The minimum absolute atomic E-state index is 0. The summed E-state index contributed by atoms with van der Waals surface area (Å²) >= 11 is 1.45. The third-order valence-corrected chi connectivity index (χ3v) is 3.65. The number of halogens is 5. The van der Waals surface area contributed by atoms with Crippen LogP contribution < -0.4 is 5.32 Å². The maximum absolute atomic E-state index is 12.6. The highest BCUT2D eigenvalue weighted by molar-refractivity contribution is 7.07. The number of thiophene rings is 1. The van der Waals surface area contributed by atoms with Crippen LogP contribution in [0.2, 0.25) is 0 Å². The number of piperazine rings is 1. The smallest absolute Gasteiger partial charge is 0.314 e. The van der Waals surface area contributed by atoms with Gasteiger partial charge in [0, 0.05) is 32.2 Å². The molecule has 1 fully saturated rings. The Morgan fingerprint density at radius 1 is 1.26 bits per heavy atom. The second kappa shape index (κ2) is 8.32. The fourth-order valence-electron chi connectivity index (χ4n) is 2.14. The summed E-state index contributed by atoms with van der Waals surface area (Å²) in [6.45, 7) is 2.88. The van der Waals surface area contributed by atoms with E-state index < -0.39 is 18.6 Å². The molecule has 0 aromatic carbocycles. The minimum atomic E-state index is -4.11. The molecule has 1 aromatic heterocycles. The molecule has 1 aliphatic heterocycles. The molecule has 1 N–H and O–H groups in total. The van der Waals surface area contributed by atoms with E-state index in [9.17, 15) is 13.2 Å². The van der Waals surface area contributed by atoms with E-state index in [4.69, 9.17) is 0 Å². The molecule has 1 atom stereocenters. The Labute approximate surface area is 127 Å². The Bertz CT molecular complexity index is 340. The summed E-state index contributed by atoms with van der Waals surface area (Å²) in [5, 5.41) is 6.81. The number of nitrogens with one attached hydrogen (secondary N) is 1. The highest BCUT2D eigenvalue weighted by atomic mass is 35.5. The van der Waals surface area contributed by atoms with Gasteiger partial charge in [-0.1, -0.05) is 0 Å². The predicted molar refractivity (Wildman–Crippen MR) is 76.7 cm³/mol. The van der Waals surface area contributed by atoms with Gasteiger partial charge in [-0.3, -0.25) is 4.90 Å². The van der Waals surface area contributed by atoms with Crippen molar-refractivity contribution in [3.05, 3.63) is 22.4 Å². The molecule has 0 spiro atoms. The van der Waals surface area contributed by atoms with Gasteiger partial charge < -0.3 is 5.32 Å². The molecule has 0 radical (unpaired) electrons. The van der Waals surface area contributed by atoms with Gasteiger partial charge >= 0.3 is 6.18 Å². The zero-order valence-corrected chi connectivity index (χ0v) is 12.6. The molecule has 8 heteroatoms. The van der Waals surface area contributed by atoms with Crippen molar-refractivity contribution in [2.75, 3.05) is 26.2 Å². The van der Waals surface area contributed by atoms with Gasteiger partial charge in [-0.25, -0.2) is 0 Å². The summed E-state index contributed by atoms with van der Waals surface area (Å²) in [5.74, 6) is 0. The van der Waals surface area contributed by atoms with E-state index in [0.717, 1.165) is 18.7 Å². The van der Waals surface area contributed by atoms with Gasteiger partial charge in [-0.2, -0.15) is 24.5 Å². The van der Waals surface area contributed by atoms with Crippen LogP contribution in [0, 0.1) is 0 Å².